The molecule has 6 rings (SSSR count). The summed E-state index contributed by atoms with van der Waals surface area (Å²) in [6, 6.07) is 7.22. The first-order chi connectivity index (χ1) is 25.1. The first kappa shape index (κ1) is 50.9. The number of carbonyl (C=O) groups is 1. The van der Waals surface area contributed by atoms with Gasteiger partial charge in [0.15, 0.2) is 20.4 Å². The molecule has 0 bridgehead atoms. The summed E-state index contributed by atoms with van der Waals surface area (Å²) in [6.07, 6.45) is 12.3. The number of pyridine rings is 3. The Hall–Kier alpha value is -4.12. The zero-order chi connectivity index (χ0) is 39.6. The Morgan fingerprint density at radius 2 is 1.25 bits per heavy atom. The molecule has 6 heterocycles. The van der Waals surface area contributed by atoms with E-state index in [0.29, 0.717) is 10.5 Å². The second-order valence-corrected chi connectivity index (χ2v) is 15.4. The molecule has 0 unspecified atom stereocenters. The molecule has 0 radical (unpaired) electrons. The summed E-state index contributed by atoms with van der Waals surface area (Å²) in [5, 5.41) is 69.2. The Kier molecular flexibility index (Phi) is 23.9. The van der Waals surface area contributed by atoms with E-state index in [0.717, 1.165) is 29.3 Å². The van der Waals surface area contributed by atoms with Crippen molar-refractivity contribution in [3.8, 4) is 11.6 Å². The van der Waals surface area contributed by atoms with Crippen molar-refractivity contribution in [3.63, 3.8) is 0 Å². The van der Waals surface area contributed by atoms with Gasteiger partial charge in [0.2, 0.25) is 12.5 Å². The molecule has 0 amide bonds. The van der Waals surface area contributed by atoms with Crippen LogP contribution in [-0.2, 0) is 9.68 Å². The largest absolute Gasteiger partial charge is 1.00 e. The molecule has 0 fully saturated rings. The number of nitro groups is 3. The number of hydrogen-bond donors (Lipinski definition) is 2. The number of nitrogens with zero attached hydrogens (tertiary/aromatic N) is 15. The molecular weight excluding hydrogens is 828 g/mol. The number of hydrogen-bond acceptors (Lipinski definition) is 18. The van der Waals surface area contributed by atoms with Crippen molar-refractivity contribution in [2.24, 2.45) is 0 Å². The van der Waals surface area contributed by atoms with Gasteiger partial charge in [0.25, 0.3) is 23.5 Å². The van der Waals surface area contributed by atoms with Crippen molar-refractivity contribution in [2.75, 3.05) is 0 Å². The Bertz CT molecular complexity index is 2090. The van der Waals surface area contributed by atoms with Crippen molar-refractivity contribution < 1.29 is 154 Å². The number of carbonyl (C=O) groups excluding carboxylic acids is 1. The fourth-order valence-corrected chi connectivity index (χ4v) is 4.16. The smallest absolute Gasteiger partial charge is 1.00 e. The van der Waals surface area contributed by atoms with Gasteiger partial charge in [-0.15, -0.1) is 0 Å². The number of aromatic nitrogens is 12. The molecule has 55 heavy (non-hydrogen) atoms. The van der Waals surface area contributed by atoms with Gasteiger partial charge in [-0.05, 0) is 36.0 Å². The van der Waals surface area contributed by atoms with Gasteiger partial charge in [-0.2, -0.15) is 15.2 Å². The average molecular weight is 856 g/mol. The van der Waals surface area contributed by atoms with Crippen LogP contribution in [0.1, 0.15) is 1.43 Å². The summed E-state index contributed by atoms with van der Waals surface area (Å²) in [5.41, 5.74) is -0.309. The van der Waals surface area contributed by atoms with Crippen molar-refractivity contribution in [3.05, 3.63) is 128 Å². The van der Waals surface area contributed by atoms with E-state index in [4.69, 9.17) is 26.9 Å². The third kappa shape index (κ3) is 17.9. The quantitative estimate of drug-likeness (QED) is 0.0221. The molecule has 280 valence electrons. The molecule has 0 spiro atoms. The van der Waals surface area contributed by atoms with E-state index in [-0.39, 0.29) is 139 Å². The molecule has 0 saturated carbocycles. The fourth-order valence-electron chi connectivity index (χ4n) is 3.18. The summed E-state index contributed by atoms with van der Waals surface area (Å²) < 4.78 is 5.85. The standard InChI is InChI=1S/C7H6N5O3.C7H5N5O2.C5H4ClN2O3.C5H11N3Si.CH2O3.2K.H/c13-11-2-1-6(12(14)15)3-7(11)10-5-8-4-9-10;13-12(14)6-1-2-9-7(3-6)11-5-8-4-10-11;6-5-3-4(8(10)11)1-2-7(5)9;1-9(2,3)8-5-6-4-7-8;2-1-4-3;;;/h1-5,13H;1-5H;1-3,9H;4-5H,1-3H3;1,3H;;;/q+1;;+1;;;2*+1;-1/p-1. The van der Waals surface area contributed by atoms with E-state index in [2.05, 4.69) is 59.8 Å². The van der Waals surface area contributed by atoms with Gasteiger partial charge >= 0.3 is 114 Å². The molecule has 6 aromatic heterocycles. The van der Waals surface area contributed by atoms with E-state index in [1.54, 1.807) is 12.7 Å². The monoisotopic (exact) mass is 855 g/mol. The predicted octanol–water partition coefficient (Wildman–Crippen LogP) is -5.44. The Labute approximate surface area is 400 Å². The topological polar surface area (TPSA) is 332 Å². The van der Waals surface area contributed by atoms with Crippen LogP contribution < -0.4 is 117 Å². The second-order valence-electron chi connectivity index (χ2n) is 10.2. The van der Waals surface area contributed by atoms with Crippen molar-refractivity contribution in [2.45, 2.75) is 19.6 Å². The predicted molar refractivity (Wildman–Crippen MR) is 174 cm³/mol. The molecular formula is C25H28ClK2N15O11Si+2. The zero-order valence-electron chi connectivity index (χ0n) is 30.4. The third-order valence-corrected chi connectivity index (χ3v) is 7.47. The SMILES string of the molecule is C[Si](C)(C)n1cncn1.O=CO[O-].O=[N+]([O-])c1cc[n+](O)c(-n2cncn2)c1.O=[N+]([O-])c1cc[n+](O)c(Cl)c1.O=[N+]([O-])c1ccnc(-n2cncn2)c1.[H-].[K+].[K+]. The molecule has 0 aliphatic rings. The van der Waals surface area contributed by atoms with Crippen LogP contribution in [-0.4, -0.2) is 88.8 Å². The van der Waals surface area contributed by atoms with Gasteiger partial charge in [-0.25, -0.2) is 19.6 Å². The van der Waals surface area contributed by atoms with Crippen LogP contribution in [0.25, 0.3) is 11.6 Å². The van der Waals surface area contributed by atoms with Gasteiger partial charge in [0.05, 0.1) is 33.0 Å². The minimum absolute atomic E-state index is 0. The van der Waals surface area contributed by atoms with Crippen LogP contribution in [0.15, 0.2) is 93.0 Å². The maximum absolute atomic E-state index is 10.5. The summed E-state index contributed by atoms with van der Waals surface area (Å²) in [4.78, 5) is 55.9. The Morgan fingerprint density at radius 1 is 0.782 bits per heavy atom. The van der Waals surface area contributed by atoms with Crippen LogP contribution in [0.5, 0.6) is 0 Å². The minimum Gasteiger partial charge on any atom is -1.00 e. The molecule has 0 saturated heterocycles. The van der Waals surface area contributed by atoms with Gasteiger partial charge in [-0.1, -0.05) is 9.78 Å². The molecule has 2 N–H and O–H groups in total. The van der Waals surface area contributed by atoms with E-state index in [1.807, 2.05) is 4.35 Å². The molecule has 0 aliphatic heterocycles. The normalized spacial score (nSPS) is 9.55. The maximum Gasteiger partial charge on any atom is 1.00 e. The Balaban J connectivity index is 0. The third-order valence-electron chi connectivity index (χ3n) is 5.58. The fraction of sp³-hybridized carbons (Fsp3) is 0.120. The van der Waals surface area contributed by atoms with Crippen LogP contribution in [0.3, 0.4) is 0 Å². The van der Waals surface area contributed by atoms with Gasteiger partial charge in [-0.3, -0.25) is 44.7 Å². The summed E-state index contributed by atoms with van der Waals surface area (Å²) >= 11 is 5.37. The van der Waals surface area contributed by atoms with Gasteiger partial charge < -0.3 is 16.8 Å². The summed E-state index contributed by atoms with van der Waals surface area (Å²) in [6.45, 7) is 6.49. The minimum atomic E-state index is -1.24. The summed E-state index contributed by atoms with van der Waals surface area (Å²) in [7, 11) is -1.24. The maximum atomic E-state index is 10.5. The number of halogens is 1. The van der Waals surface area contributed by atoms with Crippen LogP contribution in [0.2, 0.25) is 24.8 Å². The van der Waals surface area contributed by atoms with E-state index in [9.17, 15) is 35.6 Å². The van der Waals surface area contributed by atoms with Gasteiger partial charge in [0.1, 0.15) is 43.6 Å². The summed E-state index contributed by atoms with van der Waals surface area (Å²) in [5.74, 6) is 0.512. The Morgan fingerprint density at radius 3 is 1.67 bits per heavy atom. The molecule has 30 heteroatoms. The molecule has 26 nitrogen and oxygen atoms in total. The van der Waals surface area contributed by atoms with Crippen LogP contribution in [0.4, 0.5) is 17.1 Å². The van der Waals surface area contributed by atoms with Crippen molar-refractivity contribution in [1.82, 2.24) is 48.9 Å². The van der Waals surface area contributed by atoms with E-state index in [1.165, 1.54) is 65.1 Å². The first-order valence-electron chi connectivity index (χ1n) is 13.9. The molecule has 0 aromatic carbocycles. The second kappa shape index (κ2) is 25.9. The van der Waals surface area contributed by atoms with E-state index >= 15 is 0 Å². The van der Waals surface area contributed by atoms with Crippen molar-refractivity contribution in [1.29, 1.82) is 0 Å². The molecule has 0 aliphatic carbocycles. The molecule has 6 aromatic rings. The van der Waals surface area contributed by atoms with Crippen LogP contribution in [0, 0.1) is 30.3 Å². The van der Waals surface area contributed by atoms with E-state index < -0.39 is 23.0 Å². The zero-order valence-corrected chi connectivity index (χ0v) is 37.4. The molecule has 0 atom stereocenters. The van der Waals surface area contributed by atoms with Crippen LogP contribution >= 0.6 is 11.6 Å². The first-order valence-corrected chi connectivity index (χ1v) is 17.7. The average Bonchev–Trinajstić information content (AvgIpc) is 3.95. The van der Waals surface area contributed by atoms with Gasteiger partial charge in [0, 0.05) is 17.0 Å². The van der Waals surface area contributed by atoms with Crippen molar-refractivity contribution >= 4 is 43.4 Å². The number of rotatable bonds is 7.